The van der Waals surface area contributed by atoms with Gasteiger partial charge in [0.25, 0.3) is 0 Å². The van der Waals surface area contributed by atoms with Crippen LogP contribution in [-0.4, -0.2) is 50.7 Å². The summed E-state index contributed by atoms with van der Waals surface area (Å²) in [7, 11) is 2.09. The molecule has 3 heterocycles. The van der Waals surface area contributed by atoms with Crippen LogP contribution < -0.4 is 5.32 Å². The molecule has 4 rings (SSSR count). The highest BCUT2D eigenvalue weighted by atomic mass is 35.5. The molecule has 1 saturated heterocycles. The minimum absolute atomic E-state index is 0.0856. The molecule has 0 spiro atoms. The van der Waals surface area contributed by atoms with Gasteiger partial charge in [0, 0.05) is 12.6 Å². The quantitative estimate of drug-likeness (QED) is 0.735. The average molecular weight is 393 g/mol. The van der Waals surface area contributed by atoms with Gasteiger partial charge in [-0.15, -0.1) is 5.10 Å². The van der Waals surface area contributed by atoms with Gasteiger partial charge in [0.1, 0.15) is 11.6 Å². The fourth-order valence-electron chi connectivity index (χ4n) is 3.41. The first-order valence-corrected chi connectivity index (χ1v) is 9.22. The van der Waals surface area contributed by atoms with Crippen molar-refractivity contribution in [3.8, 4) is 11.4 Å². The van der Waals surface area contributed by atoms with Crippen molar-refractivity contribution in [2.45, 2.75) is 25.3 Å². The number of nitrogens with one attached hydrogen (secondary N) is 1. The van der Waals surface area contributed by atoms with E-state index in [0.29, 0.717) is 24.1 Å². The third-order valence-corrected chi connectivity index (χ3v) is 5.19. The Labute approximate surface area is 160 Å². The van der Waals surface area contributed by atoms with E-state index in [2.05, 4.69) is 32.3 Å². The van der Waals surface area contributed by atoms with E-state index < -0.39 is 11.6 Å². The summed E-state index contributed by atoms with van der Waals surface area (Å²) in [4.78, 5) is 10.9. The van der Waals surface area contributed by atoms with Gasteiger partial charge in [0.05, 0.1) is 11.8 Å². The molecule has 6 nitrogen and oxygen atoms in total. The van der Waals surface area contributed by atoms with E-state index in [0.717, 1.165) is 13.0 Å². The number of hydrogen-bond donors (Lipinski definition) is 1. The largest absolute Gasteiger partial charge is 0.365 e. The smallest absolute Gasteiger partial charge is 0.198 e. The number of benzene rings is 1. The number of hydrogen-bond acceptors (Lipinski definition) is 5. The van der Waals surface area contributed by atoms with E-state index in [1.54, 1.807) is 0 Å². The second-order valence-electron chi connectivity index (χ2n) is 6.71. The van der Waals surface area contributed by atoms with Crippen molar-refractivity contribution in [1.82, 2.24) is 24.5 Å². The zero-order valence-electron chi connectivity index (χ0n) is 14.8. The molecule has 1 unspecified atom stereocenters. The highest BCUT2D eigenvalue weighted by Crippen LogP contribution is 2.26. The molecule has 2 aromatic heterocycles. The van der Waals surface area contributed by atoms with Gasteiger partial charge in [0.15, 0.2) is 22.4 Å². The molecule has 1 aromatic carbocycles. The molecule has 0 bridgehead atoms. The van der Waals surface area contributed by atoms with Crippen LogP contribution in [-0.2, 0) is 0 Å². The maximum atomic E-state index is 14.2. The molecule has 1 fully saturated rings. The Bertz CT molecular complexity index is 956. The number of nitrogens with zero attached hydrogens (tertiary/aromatic N) is 5. The first kappa shape index (κ1) is 18.1. The van der Waals surface area contributed by atoms with Crippen molar-refractivity contribution in [1.29, 1.82) is 0 Å². The predicted octanol–water partition coefficient (Wildman–Crippen LogP) is 3.62. The Hall–Kier alpha value is -2.32. The van der Waals surface area contributed by atoms with Gasteiger partial charge in [-0.25, -0.2) is 18.7 Å². The topological polar surface area (TPSA) is 58.3 Å². The van der Waals surface area contributed by atoms with E-state index in [9.17, 15) is 8.78 Å². The first-order valence-electron chi connectivity index (χ1n) is 8.84. The lowest BCUT2D eigenvalue weighted by Gasteiger charge is -2.32. The summed E-state index contributed by atoms with van der Waals surface area (Å²) in [5, 5.41) is 7.69. The summed E-state index contributed by atoms with van der Waals surface area (Å²) in [6.45, 7) is 1.69. The number of likely N-dealkylation sites (N-methyl/N-ethyl adjacent to an activating group) is 1. The SMILES string of the molecule is CN1CCCCC1CNc1nc(-c2c(F)cccc2F)nn2c(Cl)cnc12. The third kappa shape index (κ3) is 3.46. The zero-order valence-corrected chi connectivity index (χ0v) is 15.5. The van der Waals surface area contributed by atoms with Gasteiger partial charge in [0.2, 0.25) is 0 Å². The van der Waals surface area contributed by atoms with E-state index in [4.69, 9.17) is 11.6 Å². The summed E-state index contributed by atoms with van der Waals surface area (Å²) in [5.41, 5.74) is 0.126. The molecule has 0 amide bonds. The predicted molar refractivity (Wildman–Crippen MR) is 99.9 cm³/mol. The van der Waals surface area contributed by atoms with Crippen LogP contribution in [0, 0.1) is 11.6 Å². The molecule has 1 atom stereocenters. The summed E-state index contributed by atoms with van der Waals surface area (Å²) < 4.78 is 29.8. The number of aromatic nitrogens is 4. The maximum absolute atomic E-state index is 14.2. The van der Waals surface area contributed by atoms with Crippen molar-refractivity contribution in [2.24, 2.45) is 0 Å². The number of likely N-dealkylation sites (tertiary alicyclic amines) is 1. The molecule has 1 aliphatic rings. The van der Waals surface area contributed by atoms with Gasteiger partial charge in [-0.2, -0.15) is 4.52 Å². The molecule has 27 heavy (non-hydrogen) atoms. The van der Waals surface area contributed by atoms with Gasteiger partial charge in [-0.3, -0.25) is 0 Å². The minimum Gasteiger partial charge on any atom is -0.365 e. The van der Waals surface area contributed by atoms with Gasteiger partial charge < -0.3 is 10.2 Å². The van der Waals surface area contributed by atoms with Crippen LogP contribution in [0.2, 0.25) is 5.15 Å². The molecular formula is C18H19ClF2N6. The number of anilines is 1. The number of fused-ring (bicyclic) bond motifs is 1. The van der Waals surface area contributed by atoms with E-state index in [1.807, 2.05) is 0 Å². The number of piperidine rings is 1. The first-order chi connectivity index (χ1) is 13.0. The summed E-state index contributed by atoms with van der Waals surface area (Å²) in [6, 6.07) is 4.00. The normalized spacial score (nSPS) is 18.1. The lowest BCUT2D eigenvalue weighted by atomic mass is 10.0. The minimum atomic E-state index is -0.733. The van der Waals surface area contributed by atoms with Crippen molar-refractivity contribution in [2.75, 3.05) is 25.5 Å². The van der Waals surface area contributed by atoms with E-state index >= 15 is 0 Å². The molecule has 1 aliphatic heterocycles. The Morgan fingerprint density at radius 3 is 2.78 bits per heavy atom. The van der Waals surface area contributed by atoms with Crippen LogP contribution in [0.3, 0.4) is 0 Å². The molecular weight excluding hydrogens is 374 g/mol. The highest BCUT2D eigenvalue weighted by Gasteiger charge is 2.22. The third-order valence-electron chi connectivity index (χ3n) is 4.93. The lowest BCUT2D eigenvalue weighted by Crippen LogP contribution is -2.40. The van der Waals surface area contributed by atoms with Crippen molar-refractivity contribution in [3.63, 3.8) is 0 Å². The Balaban J connectivity index is 1.73. The van der Waals surface area contributed by atoms with Crippen LogP contribution in [0.5, 0.6) is 0 Å². The molecule has 3 aromatic rings. The molecule has 142 valence electrons. The lowest BCUT2D eigenvalue weighted by molar-refractivity contribution is 0.194. The highest BCUT2D eigenvalue weighted by molar-refractivity contribution is 6.29. The Morgan fingerprint density at radius 1 is 1.26 bits per heavy atom. The summed E-state index contributed by atoms with van der Waals surface area (Å²) in [6.07, 6.45) is 4.88. The molecule has 9 heteroatoms. The summed E-state index contributed by atoms with van der Waals surface area (Å²) in [5.74, 6) is -1.15. The second kappa shape index (κ2) is 7.36. The fraction of sp³-hybridized carbons (Fsp3) is 0.389. The number of halogens is 3. The Kier molecular flexibility index (Phi) is 4.92. The van der Waals surface area contributed by atoms with Gasteiger partial charge in [-0.05, 0) is 38.6 Å². The van der Waals surface area contributed by atoms with E-state index in [1.165, 1.54) is 41.8 Å². The van der Waals surface area contributed by atoms with Crippen LogP contribution in [0.4, 0.5) is 14.6 Å². The molecule has 0 saturated carbocycles. The maximum Gasteiger partial charge on any atom is 0.198 e. The van der Waals surface area contributed by atoms with Gasteiger partial charge >= 0.3 is 0 Å². The number of rotatable bonds is 4. The molecule has 0 radical (unpaired) electrons. The fourth-order valence-corrected chi connectivity index (χ4v) is 3.57. The van der Waals surface area contributed by atoms with Gasteiger partial charge in [-0.1, -0.05) is 24.1 Å². The standard InChI is InChI=1S/C18H19ClF2N6/c1-26-8-3-2-5-11(26)9-22-17-18-23-10-14(19)27(18)25-16(24-17)15-12(20)6-4-7-13(15)21/h4,6-7,10-11H,2-3,5,8-9H2,1H3,(H,22,24,25). The van der Waals surface area contributed by atoms with Crippen molar-refractivity contribution < 1.29 is 8.78 Å². The Morgan fingerprint density at radius 2 is 2.04 bits per heavy atom. The monoisotopic (exact) mass is 392 g/mol. The molecule has 1 N–H and O–H groups in total. The van der Waals surface area contributed by atoms with E-state index in [-0.39, 0.29) is 16.5 Å². The zero-order chi connectivity index (χ0) is 19.0. The van der Waals surface area contributed by atoms with Crippen LogP contribution >= 0.6 is 11.6 Å². The van der Waals surface area contributed by atoms with Crippen molar-refractivity contribution in [3.05, 3.63) is 41.2 Å². The summed E-state index contributed by atoms with van der Waals surface area (Å²) >= 11 is 6.14. The molecule has 0 aliphatic carbocycles. The second-order valence-corrected chi connectivity index (χ2v) is 7.10. The number of imidazole rings is 1. The average Bonchev–Trinajstić information content (AvgIpc) is 3.02. The van der Waals surface area contributed by atoms with Crippen LogP contribution in [0.15, 0.2) is 24.4 Å². The van der Waals surface area contributed by atoms with Crippen LogP contribution in [0.1, 0.15) is 19.3 Å². The van der Waals surface area contributed by atoms with Crippen LogP contribution in [0.25, 0.3) is 17.0 Å². The van der Waals surface area contributed by atoms with Crippen molar-refractivity contribution >= 4 is 23.1 Å².